The van der Waals surface area contributed by atoms with E-state index in [-0.39, 0.29) is 28.9 Å². The van der Waals surface area contributed by atoms with E-state index in [1.807, 2.05) is 11.6 Å². The Morgan fingerprint density at radius 2 is 1.85 bits per heavy atom. The van der Waals surface area contributed by atoms with Crippen molar-refractivity contribution in [2.75, 3.05) is 37.6 Å². The molecule has 1 aromatic carbocycles. The first-order valence-electron chi connectivity index (χ1n) is 8.24. The number of piperazine rings is 1. The summed E-state index contributed by atoms with van der Waals surface area (Å²) in [6.45, 7) is 3.93. The van der Waals surface area contributed by atoms with E-state index >= 15 is 0 Å². The van der Waals surface area contributed by atoms with Gasteiger partial charge in [-0.05, 0) is 24.1 Å². The van der Waals surface area contributed by atoms with Crippen molar-refractivity contribution in [1.82, 2.24) is 9.88 Å². The summed E-state index contributed by atoms with van der Waals surface area (Å²) in [4.78, 5) is 13.2. The van der Waals surface area contributed by atoms with Crippen molar-refractivity contribution < 1.29 is 8.42 Å². The van der Waals surface area contributed by atoms with Crippen LogP contribution in [0.3, 0.4) is 0 Å². The predicted molar refractivity (Wildman–Crippen MR) is 119 cm³/mol. The highest BCUT2D eigenvalue weighted by molar-refractivity contribution is 14.0. The number of guanidine groups is 1. The van der Waals surface area contributed by atoms with Gasteiger partial charge in [0.25, 0.3) is 0 Å². The molecule has 2 heterocycles. The van der Waals surface area contributed by atoms with Crippen molar-refractivity contribution in [1.29, 1.82) is 0 Å². The lowest BCUT2D eigenvalue weighted by atomic mass is 10.1. The van der Waals surface area contributed by atoms with Crippen LogP contribution in [0.15, 0.2) is 45.7 Å². The zero-order valence-corrected chi connectivity index (χ0v) is 18.7. The summed E-state index contributed by atoms with van der Waals surface area (Å²) < 4.78 is 22.5. The van der Waals surface area contributed by atoms with Crippen LogP contribution in [-0.4, -0.2) is 57.0 Å². The van der Waals surface area contributed by atoms with Crippen molar-refractivity contribution in [3.8, 4) is 0 Å². The molecule has 4 N–H and O–H groups in total. The molecule has 27 heavy (non-hydrogen) atoms. The Labute approximate surface area is 180 Å². The van der Waals surface area contributed by atoms with Gasteiger partial charge in [-0.1, -0.05) is 12.1 Å². The van der Waals surface area contributed by atoms with Crippen molar-refractivity contribution >= 4 is 56.4 Å². The molecule has 1 aliphatic heterocycles. The van der Waals surface area contributed by atoms with Crippen LogP contribution in [0.4, 0.5) is 5.13 Å². The lowest BCUT2D eigenvalue weighted by Gasteiger charge is -2.35. The molecule has 0 amide bonds. The minimum atomic E-state index is -3.65. The number of halogens is 1. The molecule has 0 spiro atoms. The molecule has 0 radical (unpaired) electrons. The molecule has 0 unspecified atom stereocenters. The minimum absolute atomic E-state index is 0. The van der Waals surface area contributed by atoms with Gasteiger partial charge < -0.3 is 15.5 Å². The fourth-order valence-electron chi connectivity index (χ4n) is 2.74. The van der Waals surface area contributed by atoms with Crippen LogP contribution < -0.4 is 15.8 Å². The second-order valence-electron chi connectivity index (χ2n) is 5.97. The fourth-order valence-corrected chi connectivity index (χ4v) is 3.96. The van der Waals surface area contributed by atoms with Gasteiger partial charge in [-0.3, -0.25) is 4.99 Å². The van der Waals surface area contributed by atoms with E-state index in [1.165, 1.54) is 12.1 Å². The van der Waals surface area contributed by atoms with Crippen LogP contribution in [0.5, 0.6) is 0 Å². The summed E-state index contributed by atoms with van der Waals surface area (Å²) in [5.41, 5.74) is 7.09. The maximum absolute atomic E-state index is 11.2. The molecular weight excluding hydrogens is 499 g/mol. The molecule has 2 aromatic rings. The van der Waals surface area contributed by atoms with E-state index in [0.717, 1.165) is 36.9 Å². The SMILES string of the molecule is I.NC(=NCCc1ccc(S(N)(=O)=O)cc1)N1CCN(c2nccs2)CC1. The molecule has 0 atom stereocenters. The number of hydrogen-bond acceptors (Lipinski definition) is 6. The number of primary sulfonamides is 1. The zero-order chi connectivity index (χ0) is 18.6. The lowest BCUT2D eigenvalue weighted by molar-refractivity contribution is 0.380. The molecule has 1 aromatic heterocycles. The number of benzene rings is 1. The fraction of sp³-hybridized carbons (Fsp3) is 0.375. The van der Waals surface area contributed by atoms with Crippen LogP contribution in [-0.2, 0) is 16.4 Å². The number of aromatic nitrogens is 1. The number of nitrogens with zero attached hydrogens (tertiary/aromatic N) is 4. The van der Waals surface area contributed by atoms with E-state index < -0.39 is 10.0 Å². The normalized spacial score (nSPS) is 15.5. The number of rotatable bonds is 5. The second-order valence-corrected chi connectivity index (χ2v) is 8.40. The van der Waals surface area contributed by atoms with E-state index in [0.29, 0.717) is 18.9 Å². The number of aliphatic imine (C=N–C) groups is 1. The van der Waals surface area contributed by atoms with Crippen molar-refractivity contribution in [3.63, 3.8) is 0 Å². The van der Waals surface area contributed by atoms with Gasteiger partial charge in [0.15, 0.2) is 11.1 Å². The van der Waals surface area contributed by atoms with Gasteiger partial charge in [-0.15, -0.1) is 35.3 Å². The predicted octanol–water partition coefficient (Wildman–Crippen LogP) is 1.09. The molecule has 1 aliphatic rings. The summed E-state index contributed by atoms with van der Waals surface area (Å²) in [5.74, 6) is 0.546. The average molecular weight is 522 g/mol. The van der Waals surface area contributed by atoms with E-state index in [2.05, 4.69) is 19.8 Å². The van der Waals surface area contributed by atoms with Gasteiger partial charge in [0.05, 0.1) is 4.90 Å². The van der Waals surface area contributed by atoms with Gasteiger partial charge in [0.2, 0.25) is 10.0 Å². The van der Waals surface area contributed by atoms with Gasteiger partial charge in [0.1, 0.15) is 0 Å². The van der Waals surface area contributed by atoms with E-state index in [1.54, 1.807) is 23.5 Å². The molecule has 1 saturated heterocycles. The quantitative estimate of drug-likeness (QED) is 0.345. The number of hydrogen-bond donors (Lipinski definition) is 2. The first-order chi connectivity index (χ1) is 12.4. The van der Waals surface area contributed by atoms with Gasteiger partial charge >= 0.3 is 0 Å². The topological polar surface area (TPSA) is 118 Å². The summed E-state index contributed by atoms with van der Waals surface area (Å²) in [6, 6.07) is 6.52. The number of anilines is 1. The lowest BCUT2D eigenvalue weighted by Crippen LogP contribution is -2.51. The third-order valence-corrected chi connectivity index (χ3v) is 5.98. The largest absolute Gasteiger partial charge is 0.370 e. The molecule has 11 heteroatoms. The Morgan fingerprint density at radius 3 is 2.41 bits per heavy atom. The molecule has 1 fully saturated rings. The smallest absolute Gasteiger partial charge is 0.238 e. The van der Waals surface area contributed by atoms with Crippen LogP contribution in [0.1, 0.15) is 5.56 Å². The standard InChI is InChI=1S/C16H22N6O2S2.HI/c17-15(21-8-10-22(11-9-21)16-20-7-12-25-16)19-6-5-13-1-3-14(4-2-13)26(18,23)24;/h1-4,7,12H,5-6,8-11H2,(H2,17,19)(H2,18,23,24);1H. The first kappa shape index (κ1) is 21.9. The summed E-state index contributed by atoms with van der Waals surface area (Å²) in [5, 5.41) is 8.12. The van der Waals surface area contributed by atoms with Crippen LogP contribution >= 0.6 is 35.3 Å². The minimum Gasteiger partial charge on any atom is -0.370 e. The molecule has 8 nitrogen and oxygen atoms in total. The summed E-state index contributed by atoms with van der Waals surface area (Å²) in [6.07, 6.45) is 2.50. The first-order valence-corrected chi connectivity index (χ1v) is 10.7. The second kappa shape index (κ2) is 9.66. The number of nitrogens with two attached hydrogens (primary N) is 2. The monoisotopic (exact) mass is 522 g/mol. The Morgan fingerprint density at radius 1 is 1.19 bits per heavy atom. The molecule has 0 aliphatic carbocycles. The molecule has 0 saturated carbocycles. The average Bonchev–Trinajstić information content (AvgIpc) is 3.16. The van der Waals surface area contributed by atoms with Crippen molar-refractivity contribution in [3.05, 3.63) is 41.4 Å². The highest BCUT2D eigenvalue weighted by Gasteiger charge is 2.19. The van der Waals surface area contributed by atoms with Crippen molar-refractivity contribution in [2.24, 2.45) is 15.9 Å². The van der Waals surface area contributed by atoms with Crippen LogP contribution in [0.25, 0.3) is 0 Å². The molecule has 0 bridgehead atoms. The van der Waals surface area contributed by atoms with Gasteiger partial charge in [0, 0.05) is 44.3 Å². The maximum Gasteiger partial charge on any atom is 0.238 e. The Balaban J connectivity index is 0.00000261. The van der Waals surface area contributed by atoms with Gasteiger partial charge in [-0.25, -0.2) is 18.5 Å². The van der Waals surface area contributed by atoms with E-state index in [9.17, 15) is 8.42 Å². The molecular formula is C16H23IN6O2S2. The third kappa shape index (κ3) is 6.02. The van der Waals surface area contributed by atoms with Crippen LogP contribution in [0.2, 0.25) is 0 Å². The molecule has 148 valence electrons. The number of sulfonamides is 1. The van der Waals surface area contributed by atoms with E-state index in [4.69, 9.17) is 10.9 Å². The summed E-state index contributed by atoms with van der Waals surface area (Å²) >= 11 is 1.64. The zero-order valence-electron chi connectivity index (χ0n) is 14.7. The highest BCUT2D eigenvalue weighted by atomic mass is 127. The Bertz CT molecular complexity index is 848. The number of thiazole rings is 1. The highest BCUT2D eigenvalue weighted by Crippen LogP contribution is 2.18. The maximum atomic E-state index is 11.2. The summed E-state index contributed by atoms with van der Waals surface area (Å²) in [7, 11) is -3.65. The Hall–Kier alpha value is -1.44. The molecule has 3 rings (SSSR count). The third-order valence-electron chi connectivity index (χ3n) is 4.22. The van der Waals surface area contributed by atoms with Crippen LogP contribution in [0, 0.1) is 0 Å². The Kier molecular flexibility index (Phi) is 7.82. The van der Waals surface area contributed by atoms with Gasteiger partial charge in [-0.2, -0.15) is 0 Å². The van der Waals surface area contributed by atoms with Crippen molar-refractivity contribution in [2.45, 2.75) is 11.3 Å².